The molecule has 0 unspecified atom stereocenters. The van der Waals surface area contributed by atoms with E-state index < -0.39 is 0 Å². The molecule has 156 valence electrons. The van der Waals surface area contributed by atoms with E-state index in [0.717, 1.165) is 26.2 Å². The minimum absolute atomic E-state index is 0. The second-order valence-corrected chi connectivity index (χ2v) is 9.82. The van der Waals surface area contributed by atoms with Gasteiger partial charge in [-0.2, -0.15) is 0 Å². The maximum absolute atomic E-state index is 5.83. The zero-order valence-electron chi connectivity index (χ0n) is 16.4. The summed E-state index contributed by atoms with van der Waals surface area (Å²) in [7, 11) is 0. The molecule has 0 aromatic heterocycles. The third-order valence-electron chi connectivity index (χ3n) is 8.85. The van der Waals surface area contributed by atoms with Gasteiger partial charge in [0.1, 0.15) is 0 Å². The van der Waals surface area contributed by atoms with Crippen molar-refractivity contribution in [3.8, 4) is 0 Å². The van der Waals surface area contributed by atoms with Crippen LogP contribution < -0.4 is 22.9 Å². The number of rotatable bonds is 4. The molecule has 6 saturated carbocycles. The summed E-state index contributed by atoms with van der Waals surface area (Å²) in [6.45, 7) is 3.59. The van der Waals surface area contributed by atoms with Gasteiger partial charge in [-0.1, -0.05) is 0 Å². The van der Waals surface area contributed by atoms with Gasteiger partial charge in [-0.25, -0.2) is 0 Å². The molecule has 6 aliphatic rings. The Morgan fingerprint density at radius 1 is 0.346 bits per heavy atom. The van der Waals surface area contributed by atoms with E-state index in [0.29, 0.717) is 21.7 Å². The summed E-state index contributed by atoms with van der Waals surface area (Å²) < 4.78 is 0. The number of hydrogen-bond donors (Lipinski definition) is 4. The molecule has 0 radical (unpaired) electrons. The molecule has 6 rings (SSSR count). The SMILES string of the molecule is Cl.Cl.NCC12CCC(CN)(CC1)CC2.NCC12CCC(CN)(CC1)CC2. The van der Waals surface area contributed by atoms with Gasteiger partial charge in [0.05, 0.1) is 0 Å². The van der Waals surface area contributed by atoms with Crippen LogP contribution in [0.15, 0.2) is 0 Å². The molecular weight excluding hydrogens is 367 g/mol. The predicted octanol–water partition coefficient (Wildman–Crippen LogP) is 3.33. The molecule has 8 N–H and O–H groups in total. The van der Waals surface area contributed by atoms with Crippen LogP contribution in [-0.4, -0.2) is 26.2 Å². The van der Waals surface area contributed by atoms with Crippen molar-refractivity contribution in [3.63, 3.8) is 0 Å². The zero-order chi connectivity index (χ0) is 17.3. The Morgan fingerprint density at radius 3 is 0.538 bits per heavy atom. The summed E-state index contributed by atoms with van der Waals surface area (Å²) >= 11 is 0. The quantitative estimate of drug-likeness (QED) is 0.572. The number of hydrogen-bond acceptors (Lipinski definition) is 4. The maximum atomic E-state index is 5.83. The van der Waals surface area contributed by atoms with Gasteiger partial charge in [0.15, 0.2) is 0 Å². The number of fused-ring (bicyclic) bond motifs is 6. The molecule has 4 bridgehead atoms. The van der Waals surface area contributed by atoms with Crippen LogP contribution in [-0.2, 0) is 0 Å². The van der Waals surface area contributed by atoms with Crippen LogP contribution in [0.3, 0.4) is 0 Å². The summed E-state index contributed by atoms with van der Waals surface area (Å²) in [5.41, 5.74) is 25.4. The highest BCUT2D eigenvalue weighted by Crippen LogP contribution is 2.56. The fourth-order valence-electron chi connectivity index (χ4n) is 5.91. The summed E-state index contributed by atoms with van der Waals surface area (Å²) in [5, 5.41) is 0. The Bertz CT molecular complexity index is 314. The van der Waals surface area contributed by atoms with Gasteiger partial charge in [0, 0.05) is 0 Å². The molecule has 26 heavy (non-hydrogen) atoms. The lowest BCUT2D eigenvalue weighted by atomic mass is 9.54. The van der Waals surface area contributed by atoms with Crippen molar-refractivity contribution in [1.29, 1.82) is 0 Å². The first-order valence-corrected chi connectivity index (χ1v) is 10.3. The van der Waals surface area contributed by atoms with Crippen LogP contribution >= 0.6 is 24.8 Å². The van der Waals surface area contributed by atoms with E-state index in [9.17, 15) is 0 Å². The van der Waals surface area contributed by atoms with Gasteiger partial charge in [0.2, 0.25) is 0 Å². The van der Waals surface area contributed by atoms with Crippen LogP contribution in [0.2, 0.25) is 0 Å². The average molecular weight is 409 g/mol. The molecule has 0 aromatic rings. The van der Waals surface area contributed by atoms with E-state index in [1.165, 1.54) is 77.0 Å². The van der Waals surface area contributed by atoms with Crippen LogP contribution in [0.25, 0.3) is 0 Å². The monoisotopic (exact) mass is 408 g/mol. The minimum atomic E-state index is 0. The molecule has 0 spiro atoms. The molecule has 0 aromatic carbocycles. The smallest absolute Gasteiger partial charge is 0.00205 e. The molecule has 6 aliphatic carbocycles. The third-order valence-corrected chi connectivity index (χ3v) is 8.85. The summed E-state index contributed by atoms with van der Waals surface area (Å²) in [4.78, 5) is 0. The fourth-order valence-corrected chi connectivity index (χ4v) is 5.91. The lowest BCUT2D eigenvalue weighted by Crippen LogP contribution is -2.48. The highest BCUT2D eigenvalue weighted by Gasteiger charge is 2.47. The Hall–Kier alpha value is 0.420. The second kappa shape index (κ2) is 9.28. The molecule has 0 aliphatic heterocycles. The number of halogens is 2. The highest BCUT2D eigenvalue weighted by molar-refractivity contribution is 5.85. The summed E-state index contributed by atoms with van der Waals surface area (Å²) in [5.74, 6) is 0. The van der Waals surface area contributed by atoms with E-state index in [1.807, 2.05) is 0 Å². The lowest BCUT2D eigenvalue weighted by Gasteiger charge is -2.53. The molecule has 6 heteroatoms. The number of nitrogens with two attached hydrogens (primary N) is 4. The largest absolute Gasteiger partial charge is 0.330 e. The molecule has 0 amide bonds. The van der Waals surface area contributed by atoms with E-state index in [2.05, 4.69) is 0 Å². The van der Waals surface area contributed by atoms with Gasteiger partial charge in [-0.3, -0.25) is 0 Å². The Labute approximate surface area is 172 Å². The van der Waals surface area contributed by atoms with Crippen molar-refractivity contribution < 1.29 is 0 Å². The van der Waals surface area contributed by atoms with Gasteiger partial charge in [0.25, 0.3) is 0 Å². The van der Waals surface area contributed by atoms with Crippen molar-refractivity contribution >= 4 is 24.8 Å². The predicted molar refractivity (Wildman–Crippen MR) is 116 cm³/mol. The fraction of sp³-hybridized carbons (Fsp3) is 1.00. The summed E-state index contributed by atoms with van der Waals surface area (Å²) in [6.07, 6.45) is 16.0. The highest BCUT2D eigenvalue weighted by atomic mass is 35.5. The Morgan fingerprint density at radius 2 is 0.462 bits per heavy atom. The van der Waals surface area contributed by atoms with Crippen LogP contribution in [0.4, 0.5) is 0 Å². The van der Waals surface area contributed by atoms with E-state index >= 15 is 0 Å². The van der Waals surface area contributed by atoms with Gasteiger partial charge in [-0.05, 0) is 125 Å². The third kappa shape index (κ3) is 4.52. The minimum Gasteiger partial charge on any atom is -0.330 e. The van der Waals surface area contributed by atoms with Crippen molar-refractivity contribution in [2.24, 2.45) is 44.6 Å². The lowest BCUT2D eigenvalue weighted by molar-refractivity contribution is 0.00316. The van der Waals surface area contributed by atoms with Crippen LogP contribution in [0, 0.1) is 21.7 Å². The zero-order valence-corrected chi connectivity index (χ0v) is 18.1. The standard InChI is InChI=1S/2C10H20N2.2ClH/c2*11-7-9-1-2-10(8-12,5-3-9)6-4-9;;/h2*1-8,11-12H2;2*1H. The Balaban J connectivity index is 0.000000241. The topological polar surface area (TPSA) is 104 Å². The van der Waals surface area contributed by atoms with Gasteiger partial charge in [-0.15, -0.1) is 24.8 Å². The first-order valence-electron chi connectivity index (χ1n) is 10.3. The first kappa shape index (κ1) is 24.5. The van der Waals surface area contributed by atoms with E-state index in [-0.39, 0.29) is 24.8 Å². The normalized spacial score (nSPS) is 42.9. The van der Waals surface area contributed by atoms with Crippen LogP contribution in [0.5, 0.6) is 0 Å². The van der Waals surface area contributed by atoms with Gasteiger partial charge < -0.3 is 22.9 Å². The molecule has 0 atom stereocenters. The molecule has 0 heterocycles. The average Bonchev–Trinajstić information content (AvgIpc) is 2.71. The molecule has 6 fully saturated rings. The first-order chi connectivity index (χ1) is 11.5. The van der Waals surface area contributed by atoms with Crippen molar-refractivity contribution in [1.82, 2.24) is 0 Å². The van der Waals surface area contributed by atoms with E-state index in [4.69, 9.17) is 22.9 Å². The molecule has 4 nitrogen and oxygen atoms in total. The van der Waals surface area contributed by atoms with Crippen LogP contribution in [0.1, 0.15) is 77.0 Å². The summed E-state index contributed by atoms with van der Waals surface area (Å²) in [6, 6.07) is 0. The van der Waals surface area contributed by atoms with Gasteiger partial charge >= 0.3 is 0 Å². The van der Waals surface area contributed by atoms with Crippen molar-refractivity contribution in [2.45, 2.75) is 77.0 Å². The molecular formula is C20H42Cl2N4. The molecule has 0 saturated heterocycles. The maximum Gasteiger partial charge on any atom is -0.00205 e. The van der Waals surface area contributed by atoms with Crippen molar-refractivity contribution in [2.75, 3.05) is 26.2 Å². The second-order valence-electron chi connectivity index (χ2n) is 9.82. The Kier molecular flexibility index (Phi) is 8.73. The van der Waals surface area contributed by atoms with Crippen molar-refractivity contribution in [3.05, 3.63) is 0 Å². The van der Waals surface area contributed by atoms with E-state index in [1.54, 1.807) is 0 Å².